The van der Waals surface area contributed by atoms with Crippen molar-refractivity contribution in [1.82, 2.24) is 4.90 Å². The zero-order valence-electron chi connectivity index (χ0n) is 23.7. The van der Waals surface area contributed by atoms with Gasteiger partial charge in [-0.05, 0) is 37.1 Å². The molecule has 0 atom stereocenters. The number of fused-ring (bicyclic) bond motifs is 1. The molecular formula is C36H35NO5. The summed E-state index contributed by atoms with van der Waals surface area (Å²) >= 11 is 0. The summed E-state index contributed by atoms with van der Waals surface area (Å²) in [6.07, 6.45) is 3.71. The fourth-order valence-electron chi connectivity index (χ4n) is 5.30. The SMILES string of the molecule is O=c1cc(-c2ccccc2)oc2cc(OCCN3CCCCC3)c(OCc3ccccc3)c(OCc3ccccc3)c12. The van der Waals surface area contributed by atoms with Gasteiger partial charge in [-0.15, -0.1) is 0 Å². The largest absolute Gasteiger partial charge is 0.488 e. The van der Waals surface area contributed by atoms with Crippen LogP contribution in [0.15, 0.2) is 112 Å². The van der Waals surface area contributed by atoms with Gasteiger partial charge in [0.05, 0.1) is 0 Å². The smallest absolute Gasteiger partial charge is 0.205 e. The van der Waals surface area contributed by atoms with Crippen molar-refractivity contribution in [3.63, 3.8) is 0 Å². The first-order chi connectivity index (χ1) is 20.7. The molecule has 0 saturated carbocycles. The van der Waals surface area contributed by atoms with E-state index in [-0.39, 0.29) is 12.0 Å². The highest BCUT2D eigenvalue weighted by Crippen LogP contribution is 2.44. The molecule has 0 aliphatic carbocycles. The summed E-state index contributed by atoms with van der Waals surface area (Å²) in [6, 6.07) is 32.7. The Morgan fingerprint density at radius 2 is 1.26 bits per heavy atom. The summed E-state index contributed by atoms with van der Waals surface area (Å²) in [5, 5.41) is 0.331. The molecule has 2 heterocycles. The molecule has 0 unspecified atom stereocenters. The second-order valence-electron chi connectivity index (χ2n) is 10.5. The van der Waals surface area contributed by atoms with Crippen molar-refractivity contribution in [3.05, 3.63) is 124 Å². The van der Waals surface area contributed by atoms with E-state index in [2.05, 4.69) is 4.90 Å². The number of nitrogens with zero attached hydrogens (tertiary/aromatic N) is 1. The minimum absolute atomic E-state index is 0.206. The van der Waals surface area contributed by atoms with E-state index >= 15 is 0 Å². The maximum Gasteiger partial charge on any atom is 0.205 e. The Morgan fingerprint density at radius 3 is 1.90 bits per heavy atom. The monoisotopic (exact) mass is 561 g/mol. The second-order valence-corrected chi connectivity index (χ2v) is 10.5. The highest BCUT2D eigenvalue weighted by Gasteiger charge is 2.23. The molecule has 0 bridgehead atoms. The average Bonchev–Trinajstić information content (AvgIpc) is 3.04. The van der Waals surface area contributed by atoms with Gasteiger partial charge in [0.25, 0.3) is 0 Å². The Hall–Kier alpha value is -4.55. The van der Waals surface area contributed by atoms with Gasteiger partial charge >= 0.3 is 0 Å². The molecule has 0 spiro atoms. The van der Waals surface area contributed by atoms with Crippen LogP contribution in [0, 0.1) is 0 Å². The van der Waals surface area contributed by atoms with Gasteiger partial charge < -0.3 is 18.6 Å². The molecule has 6 rings (SSSR count). The van der Waals surface area contributed by atoms with E-state index in [4.69, 9.17) is 18.6 Å². The lowest BCUT2D eigenvalue weighted by Crippen LogP contribution is -2.33. The van der Waals surface area contributed by atoms with E-state index in [9.17, 15) is 4.79 Å². The van der Waals surface area contributed by atoms with Crippen LogP contribution < -0.4 is 19.6 Å². The minimum atomic E-state index is -0.206. The van der Waals surface area contributed by atoms with E-state index in [1.54, 1.807) is 6.07 Å². The van der Waals surface area contributed by atoms with Gasteiger partial charge in [-0.1, -0.05) is 97.4 Å². The molecule has 0 radical (unpaired) electrons. The maximum atomic E-state index is 13.7. The molecule has 1 aliphatic heterocycles. The fraction of sp³-hybridized carbons (Fsp3) is 0.250. The van der Waals surface area contributed by atoms with Crippen LogP contribution in [-0.4, -0.2) is 31.1 Å². The van der Waals surface area contributed by atoms with E-state index in [1.165, 1.54) is 25.3 Å². The van der Waals surface area contributed by atoms with Crippen LogP contribution in [0.25, 0.3) is 22.3 Å². The summed E-state index contributed by atoms with van der Waals surface area (Å²) in [5.74, 6) is 1.71. The topological polar surface area (TPSA) is 61.1 Å². The van der Waals surface area contributed by atoms with Gasteiger partial charge in [0.1, 0.15) is 36.6 Å². The standard InChI is InChI=1S/C36H35NO5/c38-30-23-31(29-17-9-3-10-18-29)42-32-24-33(39-22-21-37-19-11-4-12-20-37)35(40-25-27-13-5-1-6-14-27)36(34(30)32)41-26-28-15-7-2-8-16-28/h1-3,5-10,13-18,23-24H,4,11-12,19-22,25-26H2. The van der Waals surface area contributed by atoms with Crippen LogP contribution in [0.1, 0.15) is 30.4 Å². The number of rotatable bonds is 11. The number of hydrogen-bond acceptors (Lipinski definition) is 6. The third-order valence-electron chi connectivity index (χ3n) is 7.52. The molecule has 0 N–H and O–H groups in total. The fourth-order valence-corrected chi connectivity index (χ4v) is 5.30. The van der Waals surface area contributed by atoms with E-state index in [0.29, 0.717) is 47.2 Å². The van der Waals surface area contributed by atoms with Crippen LogP contribution in [0.2, 0.25) is 0 Å². The van der Waals surface area contributed by atoms with Crippen LogP contribution in [-0.2, 0) is 13.2 Å². The molecule has 1 aliphatic rings. The predicted molar refractivity (Wildman–Crippen MR) is 165 cm³/mol. The molecule has 1 saturated heterocycles. The summed E-state index contributed by atoms with van der Waals surface area (Å²) in [4.78, 5) is 16.1. The van der Waals surface area contributed by atoms with Crippen molar-refractivity contribution < 1.29 is 18.6 Å². The Kier molecular flexibility index (Phi) is 8.81. The van der Waals surface area contributed by atoms with Crippen LogP contribution >= 0.6 is 0 Å². The van der Waals surface area contributed by atoms with E-state index < -0.39 is 0 Å². The van der Waals surface area contributed by atoms with Crippen molar-refractivity contribution in [3.8, 4) is 28.6 Å². The number of piperidine rings is 1. The molecule has 0 amide bonds. The van der Waals surface area contributed by atoms with E-state index in [0.717, 1.165) is 36.3 Å². The third kappa shape index (κ3) is 6.67. The first-order valence-electron chi connectivity index (χ1n) is 14.6. The number of hydrogen-bond donors (Lipinski definition) is 0. The minimum Gasteiger partial charge on any atom is -0.488 e. The van der Waals surface area contributed by atoms with Gasteiger partial charge in [-0.25, -0.2) is 0 Å². The number of likely N-dealkylation sites (tertiary alicyclic amines) is 1. The molecule has 5 aromatic rings. The van der Waals surface area contributed by atoms with Crippen LogP contribution in [0.4, 0.5) is 0 Å². The lowest BCUT2D eigenvalue weighted by atomic mass is 10.1. The van der Waals surface area contributed by atoms with Crippen molar-refractivity contribution in [2.45, 2.75) is 32.5 Å². The zero-order valence-corrected chi connectivity index (χ0v) is 23.7. The summed E-state index contributed by atoms with van der Waals surface area (Å²) < 4.78 is 25.6. The molecule has 1 aromatic heterocycles. The zero-order chi connectivity index (χ0) is 28.6. The van der Waals surface area contributed by atoms with Crippen molar-refractivity contribution in [1.29, 1.82) is 0 Å². The second kappa shape index (κ2) is 13.4. The molecular weight excluding hydrogens is 526 g/mol. The maximum absolute atomic E-state index is 13.7. The summed E-state index contributed by atoms with van der Waals surface area (Å²) in [6.45, 7) is 4.01. The lowest BCUT2D eigenvalue weighted by Gasteiger charge is -2.26. The van der Waals surface area contributed by atoms with Crippen molar-refractivity contribution in [2.75, 3.05) is 26.2 Å². The Labute approximate surface area is 246 Å². The highest BCUT2D eigenvalue weighted by molar-refractivity contribution is 5.90. The Bertz CT molecular complexity index is 1650. The molecule has 6 heteroatoms. The predicted octanol–water partition coefficient (Wildman–Crippen LogP) is 7.48. The number of benzene rings is 4. The van der Waals surface area contributed by atoms with Gasteiger partial charge in [-0.2, -0.15) is 0 Å². The lowest BCUT2D eigenvalue weighted by molar-refractivity contribution is 0.176. The van der Waals surface area contributed by atoms with Crippen molar-refractivity contribution >= 4 is 11.0 Å². The quantitative estimate of drug-likeness (QED) is 0.167. The highest BCUT2D eigenvalue weighted by atomic mass is 16.5. The van der Waals surface area contributed by atoms with Gasteiger partial charge in [0.15, 0.2) is 16.9 Å². The van der Waals surface area contributed by atoms with Gasteiger partial charge in [-0.3, -0.25) is 9.69 Å². The van der Waals surface area contributed by atoms with Gasteiger partial charge in [0.2, 0.25) is 5.75 Å². The summed E-state index contributed by atoms with van der Waals surface area (Å²) in [7, 11) is 0. The number of ether oxygens (including phenoxy) is 3. The molecule has 214 valence electrons. The molecule has 6 nitrogen and oxygen atoms in total. The van der Waals surface area contributed by atoms with Crippen LogP contribution in [0.5, 0.6) is 17.2 Å². The first kappa shape index (κ1) is 27.6. The van der Waals surface area contributed by atoms with E-state index in [1.807, 2.05) is 91.0 Å². The molecule has 42 heavy (non-hydrogen) atoms. The molecule has 1 fully saturated rings. The third-order valence-corrected chi connectivity index (χ3v) is 7.52. The first-order valence-corrected chi connectivity index (χ1v) is 14.6. The average molecular weight is 562 g/mol. The molecule has 4 aromatic carbocycles. The Morgan fingerprint density at radius 1 is 0.667 bits per heavy atom. The summed E-state index contributed by atoms with van der Waals surface area (Å²) in [5.41, 5.74) is 2.98. The van der Waals surface area contributed by atoms with Crippen LogP contribution in [0.3, 0.4) is 0 Å². The normalized spacial score (nSPS) is 13.6. The van der Waals surface area contributed by atoms with Crippen molar-refractivity contribution in [2.24, 2.45) is 0 Å². The Balaban J connectivity index is 1.42. The van der Waals surface area contributed by atoms with Gasteiger partial charge in [0, 0.05) is 24.2 Å².